The molecule has 0 atom stereocenters. The molecule has 0 unspecified atom stereocenters. The number of hydrogen-bond acceptors (Lipinski definition) is 6. The van der Waals surface area contributed by atoms with Crippen molar-refractivity contribution in [2.24, 2.45) is 0 Å². The third-order valence-electron chi connectivity index (χ3n) is 4.16. The SMILES string of the molecule is CCCSCC(=O)N1CCN(S(=O)(=O)c2ccc(OC)c(OC)c2)CC1. The standard InChI is InChI=1S/C17H26N2O5S2/c1-4-11-25-13-17(20)18-7-9-19(10-8-18)26(21,22)14-5-6-15(23-2)16(12-14)24-3/h5-6,12H,4,7-11,13H2,1-3H3. The first-order chi connectivity index (χ1) is 12.4. The van der Waals surface area contributed by atoms with Crippen molar-refractivity contribution in [1.29, 1.82) is 0 Å². The molecule has 7 nitrogen and oxygen atoms in total. The lowest BCUT2D eigenvalue weighted by atomic mass is 10.3. The van der Waals surface area contributed by atoms with Gasteiger partial charge >= 0.3 is 0 Å². The lowest BCUT2D eigenvalue weighted by Gasteiger charge is -2.34. The van der Waals surface area contributed by atoms with E-state index in [0.717, 1.165) is 12.2 Å². The molecule has 1 saturated heterocycles. The summed E-state index contributed by atoms with van der Waals surface area (Å²) in [6.45, 7) is 3.49. The number of sulfonamides is 1. The first kappa shape index (κ1) is 20.9. The highest BCUT2D eigenvalue weighted by Gasteiger charge is 2.30. The molecule has 1 amide bonds. The van der Waals surface area contributed by atoms with Crippen molar-refractivity contribution >= 4 is 27.7 Å². The number of nitrogens with zero attached hydrogens (tertiary/aromatic N) is 2. The van der Waals surface area contributed by atoms with Crippen LogP contribution >= 0.6 is 11.8 Å². The molecule has 1 aromatic rings. The second kappa shape index (κ2) is 9.48. The van der Waals surface area contributed by atoms with Gasteiger partial charge in [0.25, 0.3) is 0 Å². The van der Waals surface area contributed by atoms with Gasteiger partial charge in [-0.1, -0.05) is 6.92 Å². The Morgan fingerprint density at radius 1 is 1.12 bits per heavy atom. The normalized spacial score (nSPS) is 15.7. The number of methoxy groups -OCH3 is 2. The van der Waals surface area contributed by atoms with Crippen molar-refractivity contribution in [1.82, 2.24) is 9.21 Å². The van der Waals surface area contributed by atoms with Gasteiger partial charge in [0.05, 0.1) is 24.9 Å². The molecule has 0 saturated carbocycles. The van der Waals surface area contributed by atoms with Crippen LogP contribution in [0.25, 0.3) is 0 Å². The smallest absolute Gasteiger partial charge is 0.243 e. The van der Waals surface area contributed by atoms with Gasteiger partial charge in [0, 0.05) is 32.2 Å². The zero-order valence-corrected chi connectivity index (χ0v) is 17.1. The van der Waals surface area contributed by atoms with Crippen molar-refractivity contribution in [3.05, 3.63) is 18.2 Å². The van der Waals surface area contributed by atoms with E-state index in [1.807, 2.05) is 0 Å². The molecule has 26 heavy (non-hydrogen) atoms. The van der Waals surface area contributed by atoms with Gasteiger partial charge in [0.1, 0.15) is 0 Å². The summed E-state index contributed by atoms with van der Waals surface area (Å²) in [4.78, 5) is 14.1. The molecule has 0 aromatic heterocycles. The predicted octanol–water partition coefficient (Wildman–Crippen LogP) is 1.68. The van der Waals surface area contributed by atoms with Gasteiger partial charge < -0.3 is 14.4 Å². The summed E-state index contributed by atoms with van der Waals surface area (Å²) in [6.07, 6.45) is 1.04. The molecule has 1 aromatic carbocycles. The summed E-state index contributed by atoms with van der Waals surface area (Å²) >= 11 is 1.62. The van der Waals surface area contributed by atoms with Crippen LogP contribution < -0.4 is 9.47 Å². The van der Waals surface area contributed by atoms with Crippen molar-refractivity contribution in [2.45, 2.75) is 18.2 Å². The monoisotopic (exact) mass is 402 g/mol. The second-order valence-electron chi connectivity index (χ2n) is 5.85. The number of hydrogen-bond donors (Lipinski definition) is 0. The maximum absolute atomic E-state index is 12.9. The Hall–Kier alpha value is -1.45. The van der Waals surface area contributed by atoms with E-state index in [4.69, 9.17) is 9.47 Å². The average molecular weight is 403 g/mol. The number of thioether (sulfide) groups is 1. The fourth-order valence-corrected chi connectivity index (χ4v) is 4.93. The number of benzene rings is 1. The van der Waals surface area contributed by atoms with Crippen molar-refractivity contribution < 1.29 is 22.7 Å². The molecule has 0 spiro atoms. The highest BCUT2D eigenvalue weighted by atomic mass is 32.2. The van der Waals surface area contributed by atoms with Crippen LogP contribution in [0.1, 0.15) is 13.3 Å². The summed E-state index contributed by atoms with van der Waals surface area (Å²) < 4.78 is 37.5. The fourth-order valence-electron chi connectivity index (χ4n) is 2.70. The molecule has 9 heteroatoms. The minimum atomic E-state index is -3.64. The Kier molecular flexibility index (Phi) is 7.60. The number of carbonyl (C=O) groups is 1. The maximum atomic E-state index is 12.9. The number of amides is 1. The molecular formula is C17H26N2O5S2. The summed E-state index contributed by atoms with van der Waals surface area (Å²) in [5.41, 5.74) is 0. The van der Waals surface area contributed by atoms with Crippen LogP contribution in [-0.4, -0.2) is 75.4 Å². The fraction of sp³-hybridized carbons (Fsp3) is 0.588. The number of ether oxygens (including phenoxy) is 2. The van der Waals surface area contributed by atoms with Gasteiger partial charge in [-0.25, -0.2) is 8.42 Å². The van der Waals surface area contributed by atoms with Gasteiger partial charge in [-0.3, -0.25) is 4.79 Å². The number of carbonyl (C=O) groups excluding carboxylic acids is 1. The molecule has 2 rings (SSSR count). The molecule has 0 bridgehead atoms. The number of piperazine rings is 1. The van der Waals surface area contributed by atoms with E-state index in [1.165, 1.54) is 30.7 Å². The second-order valence-corrected chi connectivity index (χ2v) is 8.90. The van der Waals surface area contributed by atoms with Crippen molar-refractivity contribution in [3.63, 3.8) is 0 Å². The highest BCUT2D eigenvalue weighted by Crippen LogP contribution is 2.30. The van der Waals surface area contributed by atoms with Crippen LogP contribution in [0.5, 0.6) is 11.5 Å². The van der Waals surface area contributed by atoms with Crippen molar-refractivity contribution in [3.8, 4) is 11.5 Å². The summed E-state index contributed by atoms with van der Waals surface area (Å²) in [5, 5.41) is 0. The van der Waals surface area contributed by atoms with Gasteiger partial charge in [0.15, 0.2) is 11.5 Å². The lowest BCUT2D eigenvalue weighted by Crippen LogP contribution is -2.51. The summed E-state index contributed by atoms with van der Waals surface area (Å²) in [5.74, 6) is 2.34. The first-order valence-electron chi connectivity index (χ1n) is 8.51. The van der Waals surface area contributed by atoms with Crippen molar-refractivity contribution in [2.75, 3.05) is 51.9 Å². The molecule has 0 N–H and O–H groups in total. The van der Waals surface area contributed by atoms with E-state index in [1.54, 1.807) is 22.7 Å². The summed E-state index contributed by atoms with van der Waals surface area (Å²) in [6, 6.07) is 4.55. The Morgan fingerprint density at radius 3 is 2.35 bits per heavy atom. The van der Waals surface area contributed by atoms with Crippen LogP contribution in [0.4, 0.5) is 0 Å². The molecule has 1 heterocycles. The Morgan fingerprint density at radius 2 is 1.77 bits per heavy atom. The lowest BCUT2D eigenvalue weighted by molar-refractivity contribution is -0.129. The largest absolute Gasteiger partial charge is 0.493 e. The van der Waals surface area contributed by atoms with Crippen LogP contribution in [0.3, 0.4) is 0 Å². The van der Waals surface area contributed by atoms with E-state index in [9.17, 15) is 13.2 Å². The number of rotatable bonds is 8. The van der Waals surface area contributed by atoms with Crippen LogP contribution in [0, 0.1) is 0 Å². The van der Waals surface area contributed by atoms with Crippen LogP contribution in [0.2, 0.25) is 0 Å². The molecular weight excluding hydrogens is 376 g/mol. The third-order valence-corrected chi connectivity index (χ3v) is 7.20. The van der Waals surface area contributed by atoms with E-state index < -0.39 is 10.0 Å². The molecule has 1 aliphatic rings. The zero-order valence-electron chi connectivity index (χ0n) is 15.4. The Bertz CT molecular complexity index is 716. The molecule has 1 aliphatic heterocycles. The first-order valence-corrected chi connectivity index (χ1v) is 11.1. The molecule has 0 radical (unpaired) electrons. The van der Waals surface area contributed by atoms with Crippen LogP contribution in [-0.2, 0) is 14.8 Å². The van der Waals surface area contributed by atoms with E-state index in [-0.39, 0.29) is 10.8 Å². The molecule has 0 aliphatic carbocycles. The molecule has 1 fully saturated rings. The van der Waals surface area contributed by atoms with E-state index >= 15 is 0 Å². The van der Waals surface area contributed by atoms with Gasteiger partial charge in [0.2, 0.25) is 15.9 Å². The van der Waals surface area contributed by atoms with Gasteiger partial charge in [-0.2, -0.15) is 16.1 Å². The third kappa shape index (κ3) is 4.83. The predicted molar refractivity (Wildman–Crippen MR) is 103 cm³/mol. The minimum absolute atomic E-state index is 0.0756. The Labute approximate surface area is 159 Å². The summed E-state index contributed by atoms with van der Waals surface area (Å²) in [7, 11) is -0.667. The quantitative estimate of drug-likeness (QED) is 0.616. The minimum Gasteiger partial charge on any atom is -0.493 e. The average Bonchev–Trinajstić information content (AvgIpc) is 2.67. The van der Waals surface area contributed by atoms with E-state index in [0.29, 0.717) is 43.4 Å². The van der Waals surface area contributed by atoms with Crippen LogP contribution in [0.15, 0.2) is 23.1 Å². The molecule has 146 valence electrons. The van der Waals surface area contributed by atoms with E-state index in [2.05, 4.69) is 6.92 Å². The van der Waals surface area contributed by atoms with Gasteiger partial charge in [-0.15, -0.1) is 0 Å². The topological polar surface area (TPSA) is 76.2 Å². The van der Waals surface area contributed by atoms with Gasteiger partial charge in [-0.05, 0) is 24.3 Å². The maximum Gasteiger partial charge on any atom is 0.243 e. The highest BCUT2D eigenvalue weighted by molar-refractivity contribution is 7.99. The Balaban J connectivity index is 2.02. The zero-order chi connectivity index (χ0) is 19.2.